The molecule has 0 aliphatic carbocycles. The second-order valence-electron chi connectivity index (χ2n) is 3.24. The predicted octanol–water partition coefficient (Wildman–Crippen LogP) is 2.04. The van der Waals surface area contributed by atoms with Gasteiger partial charge in [0.15, 0.2) is 0 Å². The van der Waals surface area contributed by atoms with Gasteiger partial charge in [-0.2, -0.15) is 12.6 Å². The molecule has 3 heteroatoms. The van der Waals surface area contributed by atoms with Crippen LogP contribution in [0.1, 0.15) is 36.4 Å². The van der Waals surface area contributed by atoms with Crippen LogP contribution in [0.25, 0.3) is 0 Å². The van der Waals surface area contributed by atoms with Gasteiger partial charge in [0, 0.05) is 9.16 Å². The maximum atomic E-state index is 11.1. The molecule has 0 atom stereocenters. The molecule has 0 aliphatic heterocycles. The molecule has 0 aromatic rings. The highest BCUT2D eigenvalue weighted by atomic mass is 32.1. The zero-order valence-corrected chi connectivity index (χ0v) is 8.07. The van der Waals surface area contributed by atoms with E-state index in [1.165, 1.54) is 0 Å². The highest BCUT2D eigenvalue weighted by molar-refractivity contribution is 7.80. The highest BCUT2D eigenvalue weighted by Gasteiger charge is 2.14. The number of hydrogen-bond donors (Lipinski definition) is 1. The van der Waals surface area contributed by atoms with Gasteiger partial charge in [0.1, 0.15) is 5.60 Å². The Bertz CT molecular complexity index is 182. The van der Waals surface area contributed by atoms with Crippen molar-refractivity contribution in [1.82, 2.24) is 0 Å². The highest BCUT2D eigenvalue weighted by Crippen LogP contribution is 2.08. The minimum atomic E-state index is -1.60. The van der Waals surface area contributed by atoms with Crippen molar-refractivity contribution in [3.63, 3.8) is 0 Å². The molecule has 2 nitrogen and oxygen atoms in total. The fourth-order valence-electron chi connectivity index (χ4n) is 0.551. The molecule has 0 saturated carbocycles. The Labute approximate surface area is 76.5 Å². The van der Waals surface area contributed by atoms with Gasteiger partial charge in [0.25, 0.3) is 0 Å². The molecule has 66 valence electrons. The van der Waals surface area contributed by atoms with E-state index in [9.17, 15) is 4.79 Å². The molecule has 11 heavy (non-hydrogen) atoms. The Morgan fingerprint density at radius 3 is 2.55 bits per heavy atom. The number of esters is 1. The van der Waals surface area contributed by atoms with Crippen LogP contribution in [0.15, 0.2) is 0 Å². The minimum Gasteiger partial charge on any atom is -0.460 e. The molecule has 0 unspecified atom stereocenters. The molecule has 0 aliphatic rings. The van der Waals surface area contributed by atoms with Crippen molar-refractivity contribution in [3.8, 4) is 0 Å². The summed E-state index contributed by atoms with van der Waals surface area (Å²) in [6.45, 7) is 5.33. The van der Waals surface area contributed by atoms with Crippen molar-refractivity contribution in [1.29, 1.82) is 0 Å². The summed E-state index contributed by atoms with van der Waals surface area (Å²) in [5.41, 5.74) is -2.10. The summed E-state index contributed by atoms with van der Waals surface area (Å²) in [7, 11) is 0. The Balaban J connectivity index is 3.78. The molecule has 0 rings (SSSR count). The van der Waals surface area contributed by atoms with Crippen molar-refractivity contribution >= 4 is 18.6 Å². The third-order valence-corrected chi connectivity index (χ3v) is 1.08. The number of hydrogen-bond acceptors (Lipinski definition) is 3. The van der Waals surface area contributed by atoms with Crippen LogP contribution in [-0.4, -0.2) is 17.3 Å². The lowest BCUT2D eigenvalue weighted by Crippen LogP contribution is -2.23. The minimum absolute atomic E-state index is 0.0633. The lowest BCUT2D eigenvalue weighted by atomic mass is 10.2. The zero-order valence-electron chi connectivity index (χ0n) is 9.18. The smallest absolute Gasteiger partial charge is 0.306 e. The van der Waals surface area contributed by atoms with E-state index in [4.69, 9.17) is 7.48 Å². The van der Waals surface area contributed by atoms with Crippen LogP contribution in [0.5, 0.6) is 0 Å². The van der Waals surface area contributed by atoms with Crippen molar-refractivity contribution < 1.29 is 12.3 Å². The quantitative estimate of drug-likeness (QED) is 0.528. The summed E-state index contributed by atoms with van der Waals surface area (Å²) in [6, 6.07) is 0. The number of rotatable bonds is 3. The van der Waals surface area contributed by atoms with Crippen molar-refractivity contribution in [2.75, 3.05) is 5.70 Å². The number of ether oxygens (including phenoxy) is 1. The monoisotopic (exact) mass is 178 g/mol. The van der Waals surface area contributed by atoms with Gasteiger partial charge in [-0.05, 0) is 32.9 Å². The first-order valence-corrected chi connectivity index (χ1v) is 3.99. The summed E-state index contributed by atoms with van der Waals surface area (Å²) in [5, 5.41) is 0. The molecular formula is C8H16O2S. The summed E-state index contributed by atoms with van der Waals surface area (Å²) >= 11 is 3.67. The molecular weight excluding hydrogens is 160 g/mol. The van der Waals surface area contributed by atoms with Crippen LogP contribution in [0.3, 0.4) is 0 Å². The molecule has 0 N–H and O–H groups in total. The Hall–Kier alpha value is -0.180. The first-order chi connectivity index (χ1) is 5.60. The largest absolute Gasteiger partial charge is 0.460 e. The Morgan fingerprint density at radius 1 is 1.64 bits per heavy atom. The molecule has 0 heterocycles. The van der Waals surface area contributed by atoms with Gasteiger partial charge >= 0.3 is 5.97 Å². The SMILES string of the molecule is [2H]C([2H])(S)CCC(=O)OC(C)(C)C. The fraction of sp³-hybridized carbons (Fsp3) is 0.875. The van der Waals surface area contributed by atoms with Gasteiger partial charge in [-0.3, -0.25) is 4.79 Å². The van der Waals surface area contributed by atoms with E-state index in [1.807, 2.05) is 0 Å². The lowest BCUT2D eigenvalue weighted by Gasteiger charge is -2.19. The van der Waals surface area contributed by atoms with E-state index in [-0.39, 0.29) is 18.8 Å². The maximum absolute atomic E-state index is 11.1. The van der Waals surface area contributed by atoms with Gasteiger partial charge in [-0.15, -0.1) is 0 Å². The third kappa shape index (κ3) is 7.72. The topological polar surface area (TPSA) is 26.3 Å². The summed E-state index contributed by atoms with van der Waals surface area (Å²) in [6.07, 6.45) is 0.138. The molecule has 0 bridgehead atoms. The van der Waals surface area contributed by atoms with Crippen molar-refractivity contribution in [2.24, 2.45) is 0 Å². The number of thiol groups is 1. The molecule has 0 aromatic carbocycles. The number of carbonyl (C=O) groups is 1. The van der Waals surface area contributed by atoms with Crippen LogP contribution in [-0.2, 0) is 9.53 Å². The predicted molar refractivity (Wildman–Crippen MR) is 48.9 cm³/mol. The molecule has 0 fully saturated rings. The van der Waals surface area contributed by atoms with E-state index in [1.54, 1.807) is 20.8 Å². The van der Waals surface area contributed by atoms with Gasteiger partial charge in [-0.1, -0.05) is 0 Å². The van der Waals surface area contributed by atoms with E-state index in [0.29, 0.717) is 0 Å². The molecule has 0 radical (unpaired) electrons. The number of carbonyl (C=O) groups excluding carboxylic acids is 1. The van der Waals surface area contributed by atoms with Gasteiger partial charge < -0.3 is 4.74 Å². The van der Waals surface area contributed by atoms with Crippen LogP contribution < -0.4 is 0 Å². The van der Waals surface area contributed by atoms with E-state index in [0.717, 1.165) is 0 Å². The first kappa shape index (κ1) is 7.47. The maximum Gasteiger partial charge on any atom is 0.306 e. The summed E-state index contributed by atoms with van der Waals surface area (Å²) in [4.78, 5) is 11.1. The third-order valence-electron chi connectivity index (χ3n) is 0.861. The molecule has 0 spiro atoms. The normalized spacial score (nSPS) is 15.3. The Morgan fingerprint density at radius 2 is 2.18 bits per heavy atom. The van der Waals surface area contributed by atoms with Gasteiger partial charge in [0.2, 0.25) is 0 Å². The van der Waals surface area contributed by atoms with Crippen molar-refractivity contribution in [2.45, 2.75) is 39.2 Å². The second-order valence-corrected chi connectivity index (χ2v) is 3.56. The van der Waals surface area contributed by atoms with Crippen molar-refractivity contribution in [3.05, 3.63) is 0 Å². The first-order valence-electron chi connectivity index (χ1n) is 4.54. The van der Waals surface area contributed by atoms with Crippen LogP contribution in [0.4, 0.5) is 0 Å². The zero-order chi connectivity index (χ0) is 10.7. The molecule has 0 saturated heterocycles. The molecule has 0 amide bonds. The van der Waals surface area contributed by atoms with Crippen LogP contribution in [0.2, 0.25) is 0 Å². The molecule has 0 aromatic heterocycles. The van der Waals surface area contributed by atoms with E-state index >= 15 is 0 Å². The summed E-state index contributed by atoms with van der Waals surface area (Å²) < 4.78 is 19.2. The Kier molecular flexibility index (Phi) is 3.16. The van der Waals surface area contributed by atoms with E-state index in [2.05, 4.69) is 12.6 Å². The van der Waals surface area contributed by atoms with Gasteiger partial charge in [-0.25, -0.2) is 0 Å². The average Bonchev–Trinajstić information content (AvgIpc) is 1.78. The van der Waals surface area contributed by atoms with E-state index < -0.39 is 11.3 Å². The summed E-state index contributed by atoms with van der Waals surface area (Å²) in [5.74, 6) is -0.384. The van der Waals surface area contributed by atoms with Gasteiger partial charge in [0.05, 0.1) is 0 Å². The fourth-order valence-corrected chi connectivity index (χ4v) is 0.662. The van der Waals surface area contributed by atoms with Crippen LogP contribution in [0, 0.1) is 0 Å². The standard InChI is InChI=1S/C8H16O2S/c1-8(2,3)10-7(9)5-4-6-11/h11H,4-6H2,1-3H3/i6D2. The lowest BCUT2D eigenvalue weighted by molar-refractivity contribution is -0.154. The van der Waals surface area contributed by atoms with Crippen LogP contribution >= 0.6 is 12.6 Å². The average molecular weight is 178 g/mol. The second kappa shape index (κ2) is 4.65.